The van der Waals surface area contributed by atoms with Crippen molar-refractivity contribution >= 4 is 28.8 Å². The summed E-state index contributed by atoms with van der Waals surface area (Å²) in [5.74, 6) is 1.76. The van der Waals surface area contributed by atoms with Crippen LogP contribution in [0.4, 0.5) is 5.69 Å². The van der Waals surface area contributed by atoms with E-state index in [1.807, 2.05) is 14.1 Å². The van der Waals surface area contributed by atoms with E-state index in [2.05, 4.69) is 61.2 Å². The maximum Gasteiger partial charge on any atom is 0.184 e. The van der Waals surface area contributed by atoms with Gasteiger partial charge in [-0.05, 0) is 40.1 Å². The van der Waals surface area contributed by atoms with Crippen LogP contribution in [-0.2, 0) is 12.2 Å². The van der Waals surface area contributed by atoms with Gasteiger partial charge in [-0.3, -0.25) is 5.10 Å². The molecule has 6 heteroatoms. The Labute approximate surface area is 138 Å². The molecule has 22 heavy (non-hydrogen) atoms. The van der Waals surface area contributed by atoms with E-state index in [4.69, 9.17) is 0 Å². The molecule has 0 unspecified atom stereocenters. The SMILES string of the molecule is CN(C)c1ccc(Cc2n[nH]c(SCc3ccsc3)n2)cc1. The van der Waals surface area contributed by atoms with Gasteiger partial charge in [0.15, 0.2) is 11.0 Å². The Balaban J connectivity index is 1.59. The third-order valence-corrected chi connectivity index (χ3v) is 4.95. The molecule has 1 aromatic carbocycles. The van der Waals surface area contributed by atoms with Crippen LogP contribution in [0.25, 0.3) is 0 Å². The molecule has 2 aromatic heterocycles. The summed E-state index contributed by atoms with van der Waals surface area (Å²) in [7, 11) is 4.09. The molecule has 3 aromatic rings. The van der Waals surface area contributed by atoms with Crippen molar-refractivity contribution < 1.29 is 0 Å². The van der Waals surface area contributed by atoms with Gasteiger partial charge in [0.1, 0.15) is 0 Å². The third kappa shape index (κ3) is 3.90. The molecule has 0 aliphatic heterocycles. The van der Waals surface area contributed by atoms with Gasteiger partial charge in [0.05, 0.1) is 0 Å². The van der Waals surface area contributed by atoms with Crippen LogP contribution in [0.1, 0.15) is 17.0 Å². The highest BCUT2D eigenvalue weighted by molar-refractivity contribution is 7.98. The lowest BCUT2D eigenvalue weighted by atomic mass is 10.1. The molecular weight excluding hydrogens is 312 g/mol. The average Bonchev–Trinajstić information content (AvgIpc) is 3.17. The van der Waals surface area contributed by atoms with Gasteiger partial charge in [-0.25, -0.2) is 4.98 Å². The molecule has 0 fully saturated rings. The lowest BCUT2D eigenvalue weighted by molar-refractivity contribution is 0.956. The van der Waals surface area contributed by atoms with Crippen LogP contribution in [0, 0.1) is 0 Å². The van der Waals surface area contributed by atoms with Crippen molar-refractivity contribution in [2.75, 3.05) is 19.0 Å². The van der Waals surface area contributed by atoms with Crippen molar-refractivity contribution in [3.63, 3.8) is 0 Å². The topological polar surface area (TPSA) is 44.8 Å². The number of aromatic nitrogens is 3. The minimum absolute atomic E-state index is 0.753. The Bertz CT molecular complexity index is 702. The van der Waals surface area contributed by atoms with E-state index in [9.17, 15) is 0 Å². The highest BCUT2D eigenvalue weighted by Gasteiger charge is 2.06. The van der Waals surface area contributed by atoms with Gasteiger partial charge < -0.3 is 4.90 Å². The van der Waals surface area contributed by atoms with E-state index in [1.165, 1.54) is 16.8 Å². The molecule has 0 bridgehead atoms. The summed E-state index contributed by atoms with van der Waals surface area (Å²) in [5.41, 5.74) is 3.75. The Hall–Kier alpha value is -1.79. The van der Waals surface area contributed by atoms with Crippen LogP contribution in [0.2, 0.25) is 0 Å². The van der Waals surface area contributed by atoms with Gasteiger partial charge >= 0.3 is 0 Å². The van der Waals surface area contributed by atoms with E-state index in [-0.39, 0.29) is 0 Å². The third-order valence-electron chi connectivity index (χ3n) is 3.28. The van der Waals surface area contributed by atoms with E-state index < -0.39 is 0 Å². The standard InChI is InChI=1S/C16H18N4S2/c1-20(2)14-5-3-12(4-6-14)9-15-17-16(19-18-15)22-11-13-7-8-21-10-13/h3-8,10H,9,11H2,1-2H3,(H,17,18,19). The molecule has 0 spiro atoms. The second kappa shape index (κ2) is 6.98. The Morgan fingerprint density at radius 3 is 2.64 bits per heavy atom. The van der Waals surface area contributed by atoms with Crippen LogP contribution >= 0.6 is 23.1 Å². The lowest BCUT2D eigenvalue weighted by Gasteiger charge is -2.12. The molecular formula is C16H18N4S2. The number of benzene rings is 1. The molecule has 0 aliphatic rings. The second-order valence-electron chi connectivity index (χ2n) is 5.21. The van der Waals surface area contributed by atoms with Gasteiger partial charge in [0, 0.05) is 32.0 Å². The number of aromatic amines is 1. The Kier molecular flexibility index (Phi) is 4.80. The minimum Gasteiger partial charge on any atom is -0.378 e. The van der Waals surface area contributed by atoms with Gasteiger partial charge in [0.2, 0.25) is 0 Å². The number of hydrogen-bond acceptors (Lipinski definition) is 5. The van der Waals surface area contributed by atoms with Gasteiger partial charge in [0.25, 0.3) is 0 Å². The first-order valence-electron chi connectivity index (χ1n) is 7.02. The molecule has 2 heterocycles. The summed E-state index contributed by atoms with van der Waals surface area (Å²) in [6.45, 7) is 0. The number of nitrogens with zero attached hydrogens (tertiary/aromatic N) is 3. The predicted octanol–water partition coefficient (Wildman–Crippen LogP) is 3.82. The zero-order valence-electron chi connectivity index (χ0n) is 12.6. The minimum atomic E-state index is 0.753. The average molecular weight is 330 g/mol. The van der Waals surface area contributed by atoms with Crippen LogP contribution in [0.15, 0.2) is 46.2 Å². The van der Waals surface area contributed by atoms with Gasteiger partial charge in [-0.1, -0.05) is 23.9 Å². The lowest BCUT2D eigenvalue weighted by Crippen LogP contribution is -2.08. The highest BCUT2D eigenvalue weighted by atomic mass is 32.2. The van der Waals surface area contributed by atoms with E-state index in [0.29, 0.717) is 0 Å². The summed E-state index contributed by atoms with van der Waals surface area (Å²) in [4.78, 5) is 6.64. The number of anilines is 1. The van der Waals surface area contributed by atoms with Crippen molar-refractivity contribution in [1.82, 2.24) is 15.2 Å². The molecule has 0 saturated heterocycles. The smallest absolute Gasteiger partial charge is 0.184 e. The molecule has 0 amide bonds. The number of H-pyrrole nitrogens is 1. The molecule has 0 saturated carbocycles. The number of thiophene rings is 1. The van der Waals surface area contributed by atoms with Crippen LogP contribution in [0.5, 0.6) is 0 Å². The quantitative estimate of drug-likeness (QED) is 0.698. The van der Waals surface area contributed by atoms with E-state index in [0.717, 1.165) is 23.2 Å². The fourth-order valence-corrected chi connectivity index (χ4v) is 3.58. The highest BCUT2D eigenvalue weighted by Crippen LogP contribution is 2.21. The molecule has 0 aliphatic carbocycles. The fourth-order valence-electron chi connectivity index (χ4n) is 2.04. The number of thioether (sulfide) groups is 1. The van der Waals surface area contributed by atoms with Gasteiger partial charge in [-0.15, -0.1) is 0 Å². The van der Waals surface area contributed by atoms with E-state index >= 15 is 0 Å². The summed E-state index contributed by atoms with van der Waals surface area (Å²) < 4.78 is 0. The Morgan fingerprint density at radius 1 is 1.14 bits per heavy atom. The van der Waals surface area contributed by atoms with Crippen molar-refractivity contribution in [1.29, 1.82) is 0 Å². The first-order chi connectivity index (χ1) is 10.7. The van der Waals surface area contributed by atoms with Gasteiger partial charge in [-0.2, -0.15) is 16.4 Å². The molecule has 1 N–H and O–H groups in total. The van der Waals surface area contributed by atoms with Crippen molar-refractivity contribution in [2.45, 2.75) is 17.3 Å². The zero-order chi connectivity index (χ0) is 15.4. The zero-order valence-corrected chi connectivity index (χ0v) is 14.2. The summed E-state index contributed by atoms with van der Waals surface area (Å²) in [6, 6.07) is 10.6. The van der Waals surface area contributed by atoms with Crippen molar-refractivity contribution in [3.8, 4) is 0 Å². The van der Waals surface area contributed by atoms with Crippen molar-refractivity contribution in [2.24, 2.45) is 0 Å². The molecule has 114 valence electrons. The number of rotatable bonds is 6. The molecule has 0 atom stereocenters. The van der Waals surface area contributed by atoms with Crippen LogP contribution in [-0.4, -0.2) is 29.3 Å². The first kappa shape index (κ1) is 15.1. The summed E-state index contributed by atoms with van der Waals surface area (Å²) in [5, 5.41) is 12.5. The second-order valence-corrected chi connectivity index (χ2v) is 6.96. The summed E-state index contributed by atoms with van der Waals surface area (Å²) >= 11 is 3.41. The number of hydrogen-bond donors (Lipinski definition) is 1. The van der Waals surface area contributed by atoms with Crippen LogP contribution < -0.4 is 4.90 Å². The maximum atomic E-state index is 4.55. The van der Waals surface area contributed by atoms with Crippen molar-refractivity contribution in [3.05, 3.63) is 58.0 Å². The van der Waals surface area contributed by atoms with Crippen LogP contribution in [0.3, 0.4) is 0 Å². The fraction of sp³-hybridized carbons (Fsp3) is 0.250. The van der Waals surface area contributed by atoms with E-state index in [1.54, 1.807) is 23.1 Å². The Morgan fingerprint density at radius 2 is 1.95 bits per heavy atom. The monoisotopic (exact) mass is 330 g/mol. The molecule has 3 rings (SSSR count). The normalized spacial score (nSPS) is 10.8. The first-order valence-corrected chi connectivity index (χ1v) is 8.95. The largest absolute Gasteiger partial charge is 0.378 e. The predicted molar refractivity (Wildman–Crippen MR) is 93.8 cm³/mol. The maximum absolute atomic E-state index is 4.55. The summed E-state index contributed by atoms with van der Waals surface area (Å²) in [6.07, 6.45) is 0.753. The molecule has 4 nitrogen and oxygen atoms in total. The number of nitrogens with one attached hydrogen (secondary N) is 1. The molecule has 0 radical (unpaired) electrons.